The summed E-state index contributed by atoms with van der Waals surface area (Å²) in [6, 6.07) is 6.39. The topological polar surface area (TPSA) is 83.5 Å². The molecule has 19 heavy (non-hydrogen) atoms. The quantitative estimate of drug-likeness (QED) is 0.752. The molecule has 0 heterocycles. The average molecular weight is 303 g/mol. The SMILES string of the molecule is CC(C)NS(=O)(=O)c1ccccc1SCCC(=O)O. The van der Waals surface area contributed by atoms with Crippen molar-refractivity contribution >= 4 is 27.8 Å². The van der Waals surface area contributed by atoms with Crippen LogP contribution in [0.4, 0.5) is 0 Å². The van der Waals surface area contributed by atoms with E-state index in [1.165, 1.54) is 17.8 Å². The van der Waals surface area contributed by atoms with E-state index in [0.717, 1.165) is 0 Å². The Morgan fingerprint density at radius 3 is 2.58 bits per heavy atom. The van der Waals surface area contributed by atoms with E-state index < -0.39 is 16.0 Å². The lowest BCUT2D eigenvalue weighted by Gasteiger charge is -2.12. The number of aliphatic carboxylic acids is 1. The minimum absolute atomic E-state index is 0.00332. The summed E-state index contributed by atoms with van der Waals surface area (Å²) < 4.78 is 26.8. The molecule has 106 valence electrons. The van der Waals surface area contributed by atoms with Crippen molar-refractivity contribution in [3.63, 3.8) is 0 Å². The predicted octanol–water partition coefficient (Wildman–Crippen LogP) is 1.94. The number of carboxylic acid groups (broad SMARTS) is 1. The van der Waals surface area contributed by atoms with Crippen molar-refractivity contribution in [1.82, 2.24) is 4.72 Å². The van der Waals surface area contributed by atoms with E-state index in [1.54, 1.807) is 32.0 Å². The van der Waals surface area contributed by atoms with Gasteiger partial charge in [0, 0.05) is 16.7 Å². The molecule has 0 saturated heterocycles. The average Bonchev–Trinajstić information content (AvgIpc) is 2.27. The molecule has 0 saturated carbocycles. The molecule has 0 aliphatic heterocycles. The minimum atomic E-state index is -3.56. The molecule has 2 N–H and O–H groups in total. The summed E-state index contributed by atoms with van der Waals surface area (Å²) in [6.07, 6.45) is -0.00332. The number of sulfonamides is 1. The second-order valence-electron chi connectivity index (χ2n) is 4.21. The van der Waals surface area contributed by atoms with Gasteiger partial charge in [-0.05, 0) is 26.0 Å². The molecule has 0 atom stereocenters. The number of thioether (sulfide) groups is 1. The lowest BCUT2D eigenvalue weighted by molar-refractivity contribution is -0.136. The van der Waals surface area contributed by atoms with E-state index in [-0.39, 0.29) is 17.4 Å². The van der Waals surface area contributed by atoms with Gasteiger partial charge in [-0.1, -0.05) is 12.1 Å². The first-order chi connectivity index (χ1) is 8.83. The Morgan fingerprint density at radius 1 is 1.37 bits per heavy atom. The molecule has 1 aromatic rings. The summed E-state index contributed by atoms with van der Waals surface area (Å²) in [6.45, 7) is 3.50. The van der Waals surface area contributed by atoms with Crippen molar-refractivity contribution in [2.75, 3.05) is 5.75 Å². The smallest absolute Gasteiger partial charge is 0.304 e. The van der Waals surface area contributed by atoms with Gasteiger partial charge in [0.2, 0.25) is 10.0 Å². The van der Waals surface area contributed by atoms with Crippen LogP contribution < -0.4 is 4.72 Å². The van der Waals surface area contributed by atoms with Gasteiger partial charge in [-0.15, -0.1) is 11.8 Å². The summed E-state index contributed by atoms with van der Waals surface area (Å²) in [5, 5.41) is 8.60. The number of benzene rings is 1. The highest BCUT2D eigenvalue weighted by molar-refractivity contribution is 8.00. The number of rotatable bonds is 7. The van der Waals surface area contributed by atoms with Gasteiger partial charge in [0.1, 0.15) is 0 Å². The Morgan fingerprint density at radius 2 is 2.00 bits per heavy atom. The zero-order valence-electron chi connectivity index (χ0n) is 10.8. The highest BCUT2D eigenvalue weighted by atomic mass is 32.2. The standard InChI is InChI=1S/C12H17NO4S2/c1-9(2)13-19(16,17)11-6-4-3-5-10(11)18-8-7-12(14)15/h3-6,9,13H,7-8H2,1-2H3,(H,14,15). The molecule has 0 aliphatic carbocycles. The summed E-state index contributed by atoms with van der Waals surface area (Å²) in [4.78, 5) is 11.2. The largest absolute Gasteiger partial charge is 0.481 e. The van der Waals surface area contributed by atoms with Gasteiger partial charge in [-0.3, -0.25) is 4.79 Å². The van der Waals surface area contributed by atoms with Crippen LogP contribution in [0.5, 0.6) is 0 Å². The maximum atomic E-state index is 12.1. The van der Waals surface area contributed by atoms with Crippen LogP contribution in [-0.2, 0) is 14.8 Å². The molecule has 5 nitrogen and oxygen atoms in total. The van der Waals surface area contributed by atoms with Crippen molar-refractivity contribution in [3.05, 3.63) is 24.3 Å². The molecule has 0 amide bonds. The van der Waals surface area contributed by atoms with E-state index in [0.29, 0.717) is 10.6 Å². The van der Waals surface area contributed by atoms with Gasteiger partial charge in [0.05, 0.1) is 11.3 Å². The Kier molecular flexibility index (Phi) is 5.84. The molecule has 7 heteroatoms. The fourth-order valence-corrected chi connectivity index (χ4v) is 4.14. The van der Waals surface area contributed by atoms with Crippen molar-refractivity contribution in [2.45, 2.75) is 36.1 Å². The highest BCUT2D eigenvalue weighted by Crippen LogP contribution is 2.26. The molecule has 1 rings (SSSR count). The molecule has 1 aromatic carbocycles. The van der Waals surface area contributed by atoms with Crippen LogP contribution in [0.3, 0.4) is 0 Å². The summed E-state index contributed by atoms with van der Waals surface area (Å²) in [7, 11) is -3.56. The first kappa shape index (κ1) is 16.0. The molecule has 0 aromatic heterocycles. The first-order valence-electron chi connectivity index (χ1n) is 5.79. The van der Waals surface area contributed by atoms with E-state index in [9.17, 15) is 13.2 Å². The lowest BCUT2D eigenvalue weighted by atomic mass is 10.4. The zero-order valence-corrected chi connectivity index (χ0v) is 12.4. The fourth-order valence-electron chi connectivity index (χ4n) is 1.41. The van der Waals surface area contributed by atoms with Gasteiger partial charge in [0.15, 0.2) is 0 Å². The number of nitrogens with one attached hydrogen (secondary N) is 1. The number of carbonyl (C=O) groups is 1. The van der Waals surface area contributed by atoms with Gasteiger partial charge >= 0.3 is 5.97 Å². The Balaban J connectivity index is 2.92. The van der Waals surface area contributed by atoms with Crippen molar-refractivity contribution in [3.8, 4) is 0 Å². The Bertz CT molecular complexity index is 540. The third-order valence-electron chi connectivity index (χ3n) is 2.10. The lowest BCUT2D eigenvalue weighted by Crippen LogP contribution is -2.30. The second kappa shape index (κ2) is 6.93. The molecule has 0 radical (unpaired) electrons. The third-order valence-corrected chi connectivity index (χ3v) is 5.02. The van der Waals surface area contributed by atoms with Crippen LogP contribution in [-0.4, -0.2) is 31.3 Å². The van der Waals surface area contributed by atoms with E-state index in [1.807, 2.05) is 0 Å². The number of carboxylic acids is 1. The van der Waals surface area contributed by atoms with Gasteiger partial charge in [-0.25, -0.2) is 13.1 Å². The van der Waals surface area contributed by atoms with Crippen LogP contribution in [0.25, 0.3) is 0 Å². The van der Waals surface area contributed by atoms with E-state index in [2.05, 4.69) is 4.72 Å². The monoisotopic (exact) mass is 303 g/mol. The molecule has 0 bridgehead atoms. The molecular weight excluding hydrogens is 286 g/mol. The van der Waals surface area contributed by atoms with Crippen LogP contribution in [0.1, 0.15) is 20.3 Å². The Labute approximate surface area is 117 Å². The van der Waals surface area contributed by atoms with Crippen LogP contribution in [0, 0.1) is 0 Å². The molecule has 0 fully saturated rings. The zero-order chi connectivity index (χ0) is 14.5. The predicted molar refractivity (Wildman–Crippen MR) is 74.9 cm³/mol. The van der Waals surface area contributed by atoms with E-state index in [4.69, 9.17) is 5.11 Å². The Hall–Kier alpha value is -1.05. The van der Waals surface area contributed by atoms with Crippen molar-refractivity contribution < 1.29 is 18.3 Å². The highest BCUT2D eigenvalue weighted by Gasteiger charge is 2.19. The fraction of sp³-hybridized carbons (Fsp3) is 0.417. The maximum absolute atomic E-state index is 12.1. The normalized spacial score (nSPS) is 11.7. The molecular formula is C12H17NO4S2. The summed E-state index contributed by atoms with van der Waals surface area (Å²) >= 11 is 1.23. The second-order valence-corrected chi connectivity index (χ2v) is 7.03. The van der Waals surface area contributed by atoms with Crippen LogP contribution in [0.15, 0.2) is 34.1 Å². The molecule has 0 unspecified atom stereocenters. The molecule has 0 aliphatic rings. The van der Waals surface area contributed by atoms with Crippen molar-refractivity contribution in [2.24, 2.45) is 0 Å². The third kappa shape index (κ3) is 5.22. The summed E-state index contributed by atoms with van der Waals surface area (Å²) in [5.74, 6) is -0.558. The molecule has 0 spiro atoms. The number of hydrogen-bond donors (Lipinski definition) is 2. The van der Waals surface area contributed by atoms with Gasteiger partial charge < -0.3 is 5.11 Å². The number of hydrogen-bond acceptors (Lipinski definition) is 4. The van der Waals surface area contributed by atoms with Gasteiger partial charge in [-0.2, -0.15) is 0 Å². The maximum Gasteiger partial charge on any atom is 0.304 e. The van der Waals surface area contributed by atoms with Crippen LogP contribution >= 0.6 is 11.8 Å². The minimum Gasteiger partial charge on any atom is -0.481 e. The first-order valence-corrected chi connectivity index (χ1v) is 8.26. The van der Waals surface area contributed by atoms with Crippen molar-refractivity contribution in [1.29, 1.82) is 0 Å². The van der Waals surface area contributed by atoms with Crippen LogP contribution in [0.2, 0.25) is 0 Å². The summed E-state index contributed by atoms with van der Waals surface area (Å²) in [5.41, 5.74) is 0. The van der Waals surface area contributed by atoms with E-state index >= 15 is 0 Å². The van der Waals surface area contributed by atoms with Gasteiger partial charge in [0.25, 0.3) is 0 Å².